The molecule has 2 amide bonds. The SMILES string of the molecule is CC(=O)N[C@@H](COP(=O)(O)O)C(=O)N1CCN(c2ccc(C(F)(F)F)cc2)CC1. The van der Waals surface area contributed by atoms with Crippen LogP contribution in [0.25, 0.3) is 0 Å². The van der Waals surface area contributed by atoms with Gasteiger partial charge in [-0.25, -0.2) is 4.57 Å². The summed E-state index contributed by atoms with van der Waals surface area (Å²) in [5.74, 6) is -1.14. The van der Waals surface area contributed by atoms with Crippen LogP contribution in [0.1, 0.15) is 12.5 Å². The second-order valence-electron chi connectivity index (χ2n) is 6.40. The van der Waals surface area contributed by atoms with E-state index in [1.165, 1.54) is 17.0 Å². The van der Waals surface area contributed by atoms with E-state index in [4.69, 9.17) is 9.79 Å². The molecule has 0 aromatic heterocycles. The van der Waals surface area contributed by atoms with Crippen molar-refractivity contribution >= 4 is 25.3 Å². The number of benzene rings is 1. The van der Waals surface area contributed by atoms with Crippen LogP contribution in [0.2, 0.25) is 0 Å². The van der Waals surface area contributed by atoms with Gasteiger partial charge in [0.1, 0.15) is 6.04 Å². The Morgan fingerprint density at radius 2 is 1.72 bits per heavy atom. The zero-order valence-corrected chi connectivity index (χ0v) is 16.3. The summed E-state index contributed by atoms with van der Waals surface area (Å²) in [4.78, 5) is 44.7. The number of nitrogens with zero attached hydrogens (tertiary/aromatic N) is 2. The molecule has 1 aromatic carbocycles. The minimum Gasteiger partial charge on any atom is -0.368 e. The van der Waals surface area contributed by atoms with Gasteiger partial charge in [0.05, 0.1) is 12.2 Å². The highest BCUT2D eigenvalue weighted by molar-refractivity contribution is 7.46. The average molecular weight is 439 g/mol. The number of nitrogens with one attached hydrogen (secondary N) is 1. The van der Waals surface area contributed by atoms with E-state index in [0.29, 0.717) is 18.8 Å². The summed E-state index contributed by atoms with van der Waals surface area (Å²) in [6.07, 6.45) is -4.42. The van der Waals surface area contributed by atoms with Crippen molar-refractivity contribution in [2.75, 3.05) is 37.7 Å². The summed E-state index contributed by atoms with van der Waals surface area (Å²) in [6, 6.07) is 3.42. The molecule has 0 saturated carbocycles. The van der Waals surface area contributed by atoms with Gasteiger partial charge in [0.2, 0.25) is 11.8 Å². The predicted octanol–water partition coefficient (Wildman–Crippen LogP) is 0.968. The molecule has 13 heteroatoms. The Bertz CT molecular complexity index is 775. The van der Waals surface area contributed by atoms with Gasteiger partial charge >= 0.3 is 14.0 Å². The van der Waals surface area contributed by atoms with Gasteiger partial charge in [0.25, 0.3) is 0 Å². The third-order valence-electron chi connectivity index (χ3n) is 4.24. The number of hydrogen-bond acceptors (Lipinski definition) is 5. The maximum Gasteiger partial charge on any atom is 0.469 e. The van der Waals surface area contributed by atoms with E-state index in [0.717, 1.165) is 19.1 Å². The Morgan fingerprint density at radius 1 is 1.17 bits per heavy atom. The molecule has 1 fully saturated rings. The number of alkyl halides is 3. The standard InChI is InChI=1S/C16H21F3N3O6P/c1-11(23)20-14(10-28-29(25,26)27)15(24)22-8-6-21(7-9-22)13-4-2-12(3-5-13)16(17,18)19/h2-5,14H,6-10H2,1H3,(H,20,23)(H2,25,26,27)/t14-/m0/s1. The van der Waals surface area contributed by atoms with E-state index in [1.54, 1.807) is 0 Å². The van der Waals surface area contributed by atoms with Crippen LogP contribution in [0.5, 0.6) is 0 Å². The number of rotatable bonds is 6. The summed E-state index contributed by atoms with van der Waals surface area (Å²) < 4.78 is 53.2. The lowest BCUT2D eigenvalue weighted by Crippen LogP contribution is -2.56. The summed E-state index contributed by atoms with van der Waals surface area (Å²) in [6.45, 7) is 1.56. The lowest BCUT2D eigenvalue weighted by Gasteiger charge is -2.37. The van der Waals surface area contributed by atoms with Crippen LogP contribution in [0.15, 0.2) is 24.3 Å². The van der Waals surface area contributed by atoms with Gasteiger partial charge in [-0.3, -0.25) is 14.1 Å². The van der Waals surface area contributed by atoms with Crippen molar-refractivity contribution in [3.63, 3.8) is 0 Å². The molecular formula is C16H21F3N3O6P. The normalized spacial score (nSPS) is 16.5. The molecule has 1 aliphatic rings. The maximum absolute atomic E-state index is 12.7. The minimum atomic E-state index is -4.82. The Kier molecular flexibility index (Phi) is 7.28. The third kappa shape index (κ3) is 7.00. The van der Waals surface area contributed by atoms with Gasteiger partial charge in [-0.1, -0.05) is 0 Å². The molecule has 1 aromatic rings. The topological polar surface area (TPSA) is 119 Å². The van der Waals surface area contributed by atoms with E-state index in [1.807, 2.05) is 4.90 Å². The lowest BCUT2D eigenvalue weighted by atomic mass is 10.1. The third-order valence-corrected chi connectivity index (χ3v) is 4.72. The lowest BCUT2D eigenvalue weighted by molar-refractivity contribution is -0.138. The molecule has 1 aliphatic heterocycles. The molecular weight excluding hydrogens is 418 g/mol. The van der Waals surface area contributed by atoms with Crippen molar-refractivity contribution in [3.8, 4) is 0 Å². The number of carbonyl (C=O) groups excluding carboxylic acids is 2. The monoisotopic (exact) mass is 439 g/mol. The number of phosphoric ester groups is 1. The second kappa shape index (κ2) is 9.12. The quantitative estimate of drug-likeness (QED) is 0.565. The Labute approximate surface area is 164 Å². The average Bonchev–Trinajstić information content (AvgIpc) is 2.63. The molecule has 29 heavy (non-hydrogen) atoms. The molecule has 1 heterocycles. The zero-order valence-electron chi connectivity index (χ0n) is 15.4. The number of halogens is 3. The maximum atomic E-state index is 12.7. The second-order valence-corrected chi connectivity index (χ2v) is 7.64. The highest BCUT2D eigenvalue weighted by Crippen LogP contribution is 2.35. The Morgan fingerprint density at radius 3 is 2.17 bits per heavy atom. The molecule has 0 aliphatic carbocycles. The van der Waals surface area contributed by atoms with E-state index in [9.17, 15) is 27.3 Å². The van der Waals surface area contributed by atoms with E-state index < -0.39 is 44.0 Å². The van der Waals surface area contributed by atoms with Crippen LogP contribution in [-0.4, -0.2) is 65.3 Å². The summed E-state index contributed by atoms with van der Waals surface area (Å²) in [5.41, 5.74) is -0.174. The molecule has 1 saturated heterocycles. The first-order valence-electron chi connectivity index (χ1n) is 8.55. The first-order valence-corrected chi connectivity index (χ1v) is 10.1. The number of phosphoric acid groups is 1. The molecule has 162 valence electrons. The fraction of sp³-hybridized carbons (Fsp3) is 0.500. The largest absolute Gasteiger partial charge is 0.469 e. The molecule has 3 N–H and O–H groups in total. The Hall–Kier alpha value is -2.14. The summed E-state index contributed by atoms with van der Waals surface area (Å²) in [7, 11) is -4.82. The van der Waals surface area contributed by atoms with Gasteiger partial charge in [0, 0.05) is 38.8 Å². The molecule has 0 unspecified atom stereocenters. The number of piperazine rings is 1. The summed E-state index contributed by atoms with van der Waals surface area (Å²) >= 11 is 0. The van der Waals surface area contributed by atoms with E-state index in [-0.39, 0.29) is 13.1 Å². The van der Waals surface area contributed by atoms with Crippen molar-refractivity contribution in [1.82, 2.24) is 10.2 Å². The highest BCUT2D eigenvalue weighted by atomic mass is 31.2. The minimum absolute atomic E-state index is 0.214. The fourth-order valence-corrected chi connectivity index (χ4v) is 3.20. The predicted molar refractivity (Wildman–Crippen MR) is 95.8 cm³/mol. The van der Waals surface area contributed by atoms with Crippen molar-refractivity contribution in [1.29, 1.82) is 0 Å². The number of hydrogen-bond donors (Lipinski definition) is 3. The fourth-order valence-electron chi connectivity index (χ4n) is 2.86. The van der Waals surface area contributed by atoms with Gasteiger partial charge in [0.15, 0.2) is 0 Å². The van der Waals surface area contributed by atoms with Gasteiger partial charge < -0.3 is 24.9 Å². The molecule has 0 radical (unpaired) electrons. The van der Waals surface area contributed by atoms with Gasteiger partial charge in [-0.15, -0.1) is 0 Å². The van der Waals surface area contributed by atoms with Crippen LogP contribution in [0.4, 0.5) is 18.9 Å². The van der Waals surface area contributed by atoms with Crippen molar-refractivity contribution in [3.05, 3.63) is 29.8 Å². The Balaban J connectivity index is 1.97. The van der Waals surface area contributed by atoms with E-state index in [2.05, 4.69) is 9.84 Å². The van der Waals surface area contributed by atoms with Crippen molar-refractivity contribution < 1.29 is 41.6 Å². The van der Waals surface area contributed by atoms with E-state index >= 15 is 0 Å². The van der Waals surface area contributed by atoms with Gasteiger partial charge in [-0.2, -0.15) is 13.2 Å². The van der Waals surface area contributed by atoms with Crippen LogP contribution >= 0.6 is 7.82 Å². The van der Waals surface area contributed by atoms with Crippen LogP contribution in [-0.2, 0) is 24.9 Å². The molecule has 0 spiro atoms. The van der Waals surface area contributed by atoms with Crippen LogP contribution in [0, 0.1) is 0 Å². The highest BCUT2D eigenvalue weighted by Gasteiger charge is 2.32. The molecule has 1 atom stereocenters. The van der Waals surface area contributed by atoms with Gasteiger partial charge in [-0.05, 0) is 24.3 Å². The molecule has 9 nitrogen and oxygen atoms in total. The van der Waals surface area contributed by atoms with Crippen LogP contribution in [0.3, 0.4) is 0 Å². The first kappa shape index (κ1) is 23.1. The smallest absolute Gasteiger partial charge is 0.368 e. The summed E-state index contributed by atoms with van der Waals surface area (Å²) in [5, 5.41) is 2.29. The zero-order chi connectivity index (χ0) is 21.8. The van der Waals surface area contributed by atoms with Crippen LogP contribution < -0.4 is 10.2 Å². The van der Waals surface area contributed by atoms with Crippen molar-refractivity contribution in [2.24, 2.45) is 0 Å². The molecule has 2 rings (SSSR count). The first-order chi connectivity index (χ1) is 13.4. The number of amides is 2. The number of anilines is 1. The molecule has 0 bridgehead atoms. The number of carbonyl (C=O) groups is 2. The van der Waals surface area contributed by atoms with Crippen molar-refractivity contribution in [2.45, 2.75) is 19.1 Å².